The summed E-state index contributed by atoms with van der Waals surface area (Å²) in [6.45, 7) is 10.0. The Labute approximate surface area is 121 Å². The van der Waals surface area contributed by atoms with Crippen LogP contribution in [-0.2, 0) is 6.54 Å². The summed E-state index contributed by atoms with van der Waals surface area (Å²) in [6, 6.07) is 8.09. The van der Waals surface area contributed by atoms with Gasteiger partial charge in [-0.15, -0.1) is 0 Å². The number of aromatic nitrogens is 2. The van der Waals surface area contributed by atoms with E-state index < -0.39 is 0 Å². The van der Waals surface area contributed by atoms with Crippen molar-refractivity contribution in [3.8, 4) is 11.4 Å². The molecule has 1 N–H and O–H groups in total. The molecule has 0 saturated carbocycles. The third-order valence-electron chi connectivity index (χ3n) is 2.48. The van der Waals surface area contributed by atoms with E-state index in [1.165, 1.54) is 12.0 Å². The van der Waals surface area contributed by atoms with E-state index in [1.54, 1.807) is 0 Å². The van der Waals surface area contributed by atoms with Gasteiger partial charge in [-0.25, -0.2) is 0 Å². The van der Waals surface area contributed by atoms with E-state index in [1.807, 2.05) is 24.3 Å². The predicted octanol–water partition coefficient (Wildman–Crippen LogP) is 3.96. The molecule has 0 aliphatic rings. The molecule has 0 bridgehead atoms. The molecule has 1 aromatic carbocycles. The predicted molar refractivity (Wildman–Crippen MR) is 82.4 cm³/mol. The van der Waals surface area contributed by atoms with Gasteiger partial charge in [-0.1, -0.05) is 62.2 Å². The normalized spacial score (nSPS) is 10.0. The second kappa shape index (κ2) is 9.26. The zero-order valence-corrected chi connectivity index (χ0v) is 12.9. The maximum Gasteiger partial charge on any atom is 0.240 e. The average molecular weight is 275 g/mol. The van der Waals surface area contributed by atoms with Gasteiger partial charge in [0.2, 0.25) is 11.7 Å². The lowest BCUT2D eigenvalue weighted by molar-refractivity contribution is 0.368. The summed E-state index contributed by atoms with van der Waals surface area (Å²) in [5.74, 6) is 1.28. The summed E-state index contributed by atoms with van der Waals surface area (Å²) in [7, 11) is 0. The third kappa shape index (κ3) is 5.53. The number of hydrogen-bond donors (Lipinski definition) is 1. The van der Waals surface area contributed by atoms with Gasteiger partial charge >= 0.3 is 0 Å². The van der Waals surface area contributed by atoms with Crippen LogP contribution in [0, 0.1) is 6.92 Å². The summed E-state index contributed by atoms with van der Waals surface area (Å²) >= 11 is 0. The molecular weight excluding hydrogens is 250 g/mol. The molecule has 20 heavy (non-hydrogen) atoms. The molecule has 1 heterocycles. The number of benzene rings is 1. The summed E-state index contributed by atoms with van der Waals surface area (Å²) in [6.07, 6.45) is 2.35. The Morgan fingerprint density at radius 1 is 1.10 bits per heavy atom. The molecule has 2 rings (SSSR count). The van der Waals surface area contributed by atoms with Gasteiger partial charge in [0.15, 0.2) is 0 Å². The highest BCUT2D eigenvalue weighted by molar-refractivity contribution is 5.54. The maximum atomic E-state index is 5.17. The zero-order valence-electron chi connectivity index (χ0n) is 12.9. The van der Waals surface area contributed by atoms with Crippen LogP contribution in [0.1, 0.15) is 45.1 Å². The van der Waals surface area contributed by atoms with Crippen LogP contribution >= 0.6 is 0 Å². The van der Waals surface area contributed by atoms with E-state index >= 15 is 0 Å². The highest BCUT2D eigenvalue weighted by atomic mass is 16.5. The Morgan fingerprint density at radius 3 is 2.35 bits per heavy atom. The average Bonchev–Trinajstić information content (AvgIpc) is 2.90. The van der Waals surface area contributed by atoms with E-state index in [0.29, 0.717) is 18.3 Å². The summed E-state index contributed by atoms with van der Waals surface area (Å²) in [5, 5.41) is 7.20. The Kier molecular flexibility index (Phi) is 7.58. The first-order chi connectivity index (χ1) is 9.71. The van der Waals surface area contributed by atoms with Crippen molar-refractivity contribution in [2.24, 2.45) is 0 Å². The van der Waals surface area contributed by atoms with E-state index in [-0.39, 0.29) is 0 Å². The molecule has 0 aliphatic heterocycles. The highest BCUT2D eigenvalue weighted by Crippen LogP contribution is 2.16. The van der Waals surface area contributed by atoms with Crippen LogP contribution in [0.4, 0.5) is 0 Å². The maximum absolute atomic E-state index is 5.17. The molecule has 4 nitrogen and oxygen atoms in total. The zero-order chi connectivity index (χ0) is 14.8. The fourth-order valence-corrected chi connectivity index (χ4v) is 1.52. The smallest absolute Gasteiger partial charge is 0.240 e. The Hall–Kier alpha value is -1.68. The third-order valence-corrected chi connectivity index (χ3v) is 2.48. The van der Waals surface area contributed by atoms with Gasteiger partial charge < -0.3 is 9.84 Å². The molecule has 0 aliphatic carbocycles. The van der Waals surface area contributed by atoms with Crippen molar-refractivity contribution < 1.29 is 4.52 Å². The van der Waals surface area contributed by atoms with Gasteiger partial charge in [-0.2, -0.15) is 4.98 Å². The molecule has 110 valence electrons. The molecule has 0 fully saturated rings. The largest absolute Gasteiger partial charge is 0.338 e. The number of rotatable bonds is 5. The van der Waals surface area contributed by atoms with Crippen LogP contribution in [0.25, 0.3) is 11.4 Å². The van der Waals surface area contributed by atoms with Crippen LogP contribution in [-0.4, -0.2) is 16.7 Å². The van der Waals surface area contributed by atoms with Gasteiger partial charge in [-0.05, 0) is 19.9 Å². The second-order valence-electron chi connectivity index (χ2n) is 4.76. The molecular formula is C16H25N3O. The topological polar surface area (TPSA) is 51.0 Å². The summed E-state index contributed by atoms with van der Waals surface area (Å²) in [4.78, 5) is 4.34. The van der Waals surface area contributed by atoms with E-state index in [9.17, 15) is 0 Å². The van der Waals surface area contributed by atoms with Crippen molar-refractivity contribution in [3.05, 3.63) is 35.7 Å². The lowest BCUT2D eigenvalue weighted by Gasteiger charge is -1.96. The fraction of sp³-hybridized carbons (Fsp3) is 0.500. The van der Waals surface area contributed by atoms with Crippen molar-refractivity contribution in [1.29, 1.82) is 0 Å². The first kappa shape index (κ1) is 16.4. The number of hydrogen-bond acceptors (Lipinski definition) is 4. The lowest BCUT2D eigenvalue weighted by Crippen LogP contribution is -2.13. The van der Waals surface area contributed by atoms with Crippen molar-refractivity contribution in [1.82, 2.24) is 15.5 Å². The van der Waals surface area contributed by atoms with Crippen molar-refractivity contribution >= 4 is 0 Å². The lowest BCUT2D eigenvalue weighted by atomic mass is 10.1. The van der Waals surface area contributed by atoms with Crippen molar-refractivity contribution in [2.75, 3.05) is 6.54 Å². The fourth-order valence-electron chi connectivity index (χ4n) is 1.52. The van der Waals surface area contributed by atoms with Gasteiger partial charge in [-0.3, -0.25) is 0 Å². The molecule has 0 saturated heterocycles. The van der Waals surface area contributed by atoms with Crippen LogP contribution in [0.3, 0.4) is 0 Å². The molecule has 4 heteroatoms. The van der Waals surface area contributed by atoms with Crippen LogP contribution in [0.15, 0.2) is 28.8 Å². The van der Waals surface area contributed by atoms with Crippen molar-refractivity contribution in [2.45, 2.75) is 47.1 Å². The van der Waals surface area contributed by atoms with Crippen molar-refractivity contribution in [3.63, 3.8) is 0 Å². The molecule has 0 unspecified atom stereocenters. The van der Waals surface area contributed by atoms with E-state index in [4.69, 9.17) is 4.52 Å². The quantitative estimate of drug-likeness (QED) is 0.839. The van der Waals surface area contributed by atoms with Gasteiger partial charge in [0, 0.05) is 5.56 Å². The first-order valence-electron chi connectivity index (χ1n) is 7.31. The van der Waals surface area contributed by atoms with Crippen LogP contribution in [0.5, 0.6) is 0 Å². The summed E-state index contributed by atoms with van der Waals surface area (Å²) in [5.41, 5.74) is 2.21. The Bertz CT molecular complexity index is 477. The standard InChI is InChI=1S/C13H17N3O.C3H8/c1-3-8-14-9-12-15-13(16-17-12)11-6-4-10(2)5-7-11;1-3-2/h4-7,14H,3,8-9H2,1-2H3;3H2,1-2H3. The van der Waals surface area contributed by atoms with Crippen LogP contribution in [0.2, 0.25) is 0 Å². The Balaban J connectivity index is 0.000000612. The molecule has 1 aromatic heterocycles. The van der Waals surface area contributed by atoms with E-state index in [2.05, 4.69) is 43.2 Å². The Morgan fingerprint density at radius 2 is 1.75 bits per heavy atom. The van der Waals surface area contributed by atoms with Gasteiger partial charge in [0.1, 0.15) is 0 Å². The van der Waals surface area contributed by atoms with Gasteiger partial charge in [0.05, 0.1) is 6.54 Å². The van der Waals surface area contributed by atoms with Gasteiger partial charge in [0.25, 0.3) is 0 Å². The number of nitrogens with zero attached hydrogens (tertiary/aromatic N) is 2. The monoisotopic (exact) mass is 275 g/mol. The molecule has 0 radical (unpaired) electrons. The minimum absolute atomic E-state index is 0.632. The molecule has 2 aromatic rings. The minimum Gasteiger partial charge on any atom is -0.338 e. The minimum atomic E-state index is 0.632. The molecule has 0 amide bonds. The number of aryl methyl sites for hydroxylation is 1. The highest BCUT2D eigenvalue weighted by Gasteiger charge is 2.07. The SMILES string of the molecule is CCC.CCCNCc1nc(-c2ccc(C)cc2)no1. The summed E-state index contributed by atoms with van der Waals surface area (Å²) < 4.78 is 5.17. The molecule has 0 atom stereocenters. The van der Waals surface area contributed by atoms with Crippen LogP contribution < -0.4 is 5.32 Å². The first-order valence-corrected chi connectivity index (χ1v) is 7.31. The number of nitrogens with one attached hydrogen (secondary N) is 1. The second-order valence-corrected chi connectivity index (χ2v) is 4.76. The van der Waals surface area contributed by atoms with E-state index in [0.717, 1.165) is 18.5 Å². The molecule has 0 spiro atoms.